The van der Waals surface area contributed by atoms with Gasteiger partial charge >= 0.3 is 0 Å². The predicted octanol–water partition coefficient (Wildman–Crippen LogP) is 3.28. The molecule has 0 aromatic heterocycles. The molecule has 0 bridgehead atoms. The molecule has 2 heteroatoms. The van der Waals surface area contributed by atoms with Crippen molar-refractivity contribution < 1.29 is 0 Å². The third kappa shape index (κ3) is 1.89. The van der Waals surface area contributed by atoms with Gasteiger partial charge in [0, 0.05) is 6.04 Å². The summed E-state index contributed by atoms with van der Waals surface area (Å²) >= 11 is 0. The van der Waals surface area contributed by atoms with Crippen LogP contribution in [-0.4, -0.2) is 0 Å². The van der Waals surface area contributed by atoms with Gasteiger partial charge in [-0.05, 0) is 23.3 Å². The van der Waals surface area contributed by atoms with Gasteiger partial charge in [-0.3, -0.25) is 0 Å². The Bertz CT molecular complexity index is 418. The molecular weight excluding hydrogens is 194 g/mol. The molecule has 0 aliphatic carbocycles. The minimum Gasteiger partial charge on any atom is -0.324 e. The zero-order valence-corrected chi connectivity index (χ0v) is 8.92. The first-order valence-electron chi connectivity index (χ1n) is 4.52. The largest absolute Gasteiger partial charge is 0.324 e. The summed E-state index contributed by atoms with van der Waals surface area (Å²) < 4.78 is 0. The first-order chi connectivity index (χ1) is 6.29. The number of rotatable bonds is 1. The minimum atomic E-state index is 0. The number of hydrogen-bond acceptors (Lipinski definition) is 1. The Hall–Kier alpha value is -1.05. The van der Waals surface area contributed by atoms with E-state index in [0.717, 1.165) is 0 Å². The van der Waals surface area contributed by atoms with Crippen LogP contribution < -0.4 is 5.73 Å². The lowest BCUT2D eigenvalue weighted by Crippen LogP contribution is -2.05. The Morgan fingerprint density at radius 1 is 1.00 bits per heavy atom. The van der Waals surface area contributed by atoms with Crippen LogP contribution in [0.5, 0.6) is 0 Å². The molecule has 2 aromatic rings. The Labute approximate surface area is 90.3 Å². The molecule has 0 fully saturated rings. The van der Waals surface area contributed by atoms with Crippen LogP contribution in [0.4, 0.5) is 0 Å². The quantitative estimate of drug-likeness (QED) is 0.763. The predicted molar refractivity (Wildman–Crippen MR) is 63.8 cm³/mol. The Balaban J connectivity index is 0.000000980. The lowest BCUT2D eigenvalue weighted by molar-refractivity contribution is 0.827. The van der Waals surface area contributed by atoms with Crippen molar-refractivity contribution in [2.45, 2.75) is 13.0 Å². The third-order valence-electron chi connectivity index (χ3n) is 2.31. The van der Waals surface area contributed by atoms with Gasteiger partial charge in [-0.25, -0.2) is 0 Å². The molecule has 74 valence electrons. The van der Waals surface area contributed by atoms with Gasteiger partial charge in [-0.15, -0.1) is 12.4 Å². The molecule has 0 amide bonds. The average molecular weight is 208 g/mol. The highest BCUT2D eigenvalue weighted by Gasteiger charge is 2.02. The standard InChI is InChI=1S/C12H13N.ClH/c1-9(13)11-8-4-6-10-5-2-3-7-12(10)11;/h2-9H,13H2,1H3;1H. The van der Waals surface area contributed by atoms with Crippen molar-refractivity contribution in [2.24, 2.45) is 5.73 Å². The van der Waals surface area contributed by atoms with E-state index in [1.807, 2.05) is 19.1 Å². The Morgan fingerprint density at radius 2 is 1.64 bits per heavy atom. The van der Waals surface area contributed by atoms with E-state index in [1.165, 1.54) is 16.3 Å². The number of nitrogens with two attached hydrogens (primary N) is 1. The maximum Gasteiger partial charge on any atom is 0.0272 e. The van der Waals surface area contributed by atoms with Gasteiger partial charge < -0.3 is 5.73 Å². The molecule has 0 saturated carbocycles. The van der Waals surface area contributed by atoms with Crippen LogP contribution in [0, 0.1) is 0 Å². The van der Waals surface area contributed by atoms with Crippen LogP contribution in [-0.2, 0) is 0 Å². The molecular formula is C12H14ClN. The van der Waals surface area contributed by atoms with Gasteiger partial charge in [-0.2, -0.15) is 0 Å². The van der Waals surface area contributed by atoms with Gasteiger partial charge in [0.25, 0.3) is 0 Å². The molecule has 2 rings (SSSR count). The number of benzene rings is 2. The van der Waals surface area contributed by atoms with Crippen LogP contribution in [0.2, 0.25) is 0 Å². The van der Waals surface area contributed by atoms with E-state index in [2.05, 4.69) is 30.3 Å². The van der Waals surface area contributed by atoms with E-state index < -0.39 is 0 Å². The maximum atomic E-state index is 5.88. The summed E-state index contributed by atoms with van der Waals surface area (Å²) in [5.41, 5.74) is 7.10. The second-order valence-corrected chi connectivity index (χ2v) is 3.36. The topological polar surface area (TPSA) is 26.0 Å². The first kappa shape index (κ1) is 11.0. The monoisotopic (exact) mass is 207 g/mol. The minimum absolute atomic E-state index is 0. The van der Waals surface area contributed by atoms with Crippen molar-refractivity contribution >= 4 is 23.2 Å². The van der Waals surface area contributed by atoms with E-state index in [9.17, 15) is 0 Å². The summed E-state index contributed by atoms with van der Waals surface area (Å²) in [6, 6.07) is 14.7. The molecule has 0 radical (unpaired) electrons. The van der Waals surface area contributed by atoms with E-state index in [-0.39, 0.29) is 18.4 Å². The molecule has 14 heavy (non-hydrogen) atoms. The summed E-state index contributed by atoms with van der Waals surface area (Å²) in [5, 5.41) is 2.53. The molecule has 0 heterocycles. The zero-order chi connectivity index (χ0) is 9.26. The molecule has 2 aromatic carbocycles. The number of fused-ring (bicyclic) bond motifs is 1. The summed E-state index contributed by atoms with van der Waals surface area (Å²) in [4.78, 5) is 0. The average Bonchev–Trinajstić information content (AvgIpc) is 2.17. The van der Waals surface area contributed by atoms with E-state index >= 15 is 0 Å². The van der Waals surface area contributed by atoms with E-state index in [1.54, 1.807) is 0 Å². The molecule has 0 saturated heterocycles. The number of hydrogen-bond donors (Lipinski definition) is 1. The molecule has 0 aliphatic heterocycles. The maximum absolute atomic E-state index is 5.88. The Morgan fingerprint density at radius 3 is 2.36 bits per heavy atom. The molecule has 2 N–H and O–H groups in total. The van der Waals surface area contributed by atoms with Crippen LogP contribution in [0.1, 0.15) is 18.5 Å². The third-order valence-corrected chi connectivity index (χ3v) is 2.31. The highest BCUT2D eigenvalue weighted by Crippen LogP contribution is 2.22. The second-order valence-electron chi connectivity index (χ2n) is 3.36. The normalized spacial score (nSPS) is 12.1. The van der Waals surface area contributed by atoms with E-state index in [0.29, 0.717) is 0 Å². The molecule has 1 nitrogen and oxygen atoms in total. The van der Waals surface area contributed by atoms with E-state index in [4.69, 9.17) is 5.73 Å². The Kier molecular flexibility index (Phi) is 3.50. The van der Waals surface area contributed by atoms with Crippen LogP contribution >= 0.6 is 12.4 Å². The van der Waals surface area contributed by atoms with Crippen LogP contribution in [0.3, 0.4) is 0 Å². The summed E-state index contributed by atoms with van der Waals surface area (Å²) in [6.45, 7) is 2.02. The molecule has 0 aliphatic rings. The fraction of sp³-hybridized carbons (Fsp3) is 0.167. The fourth-order valence-electron chi connectivity index (χ4n) is 1.65. The highest BCUT2D eigenvalue weighted by atomic mass is 35.5. The van der Waals surface area contributed by atoms with Gasteiger partial charge in [0.15, 0.2) is 0 Å². The SMILES string of the molecule is CC(N)c1cccc2ccccc12.Cl. The van der Waals surface area contributed by atoms with Gasteiger partial charge in [-0.1, -0.05) is 42.5 Å². The molecule has 0 spiro atoms. The highest BCUT2D eigenvalue weighted by molar-refractivity contribution is 5.86. The first-order valence-corrected chi connectivity index (χ1v) is 4.52. The van der Waals surface area contributed by atoms with Crippen molar-refractivity contribution in [3.8, 4) is 0 Å². The zero-order valence-electron chi connectivity index (χ0n) is 8.10. The van der Waals surface area contributed by atoms with Crippen molar-refractivity contribution in [3.05, 3.63) is 48.0 Å². The summed E-state index contributed by atoms with van der Waals surface area (Å²) in [7, 11) is 0. The molecule has 1 atom stereocenters. The lowest BCUT2D eigenvalue weighted by Gasteiger charge is -2.09. The van der Waals surface area contributed by atoms with Crippen molar-refractivity contribution in [3.63, 3.8) is 0 Å². The van der Waals surface area contributed by atoms with Crippen molar-refractivity contribution in [2.75, 3.05) is 0 Å². The lowest BCUT2D eigenvalue weighted by atomic mass is 10.0. The number of halogens is 1. The van der Waals surface area contributed by atoms with Crippen LogP contribution in [0.15, 0.2) is 42.5 Å². The van der Waals surface area contributed by atoms with Crippen LogP contribution in [0.25, 0.3) is 10.8 Å². The van der Waals surface area contributed by atoms with Gasteiger partial charge in [0.05, 0.1) is 0 Å². The fourth-order valence-corrected chi connectivity index (χ4v) is 1.65. The molecule has 1 unspecified atom stereocenters. The summed E-state index contributed by atoms with van der Waals surface area (Å²) in [6.07, 6.45) is 0. The van der Waals surface area contributed by atoms with Crippen molar-refractivity contribution in [1.82, 2.24) is 0 Å². The van der Waals surface area contributed by atoms with Gasteiger partial charge in [0.1, 0.15) is 0 Å². The second kappa shape index (κ2) is 4.45. The smallest absolute Gasteiger partial charge is 0.0272 e. The van der Waals surface area contributed by atoms with Crippen molar-refractivity contribution in [1.29, 1.82) is 0 Å². The van der Waals surface area contributed by atoms with Gasteiger partial charge in [0.2, 0.25) is 0 Å². The summed E-state index contributed by atoms with van der Waals surface area (Å²) in [5.74, 6) is 0.